The molecule has 5 heteroatoms. The molecule has 1 rings (SSSR count). The van der Waals surface area contributed by atoms with Crippen LogP contribution in [-0.2, 0) is 4.79 Å². The van der Waals surface area contributed by atoms with Gasteiger partial charge in [0.1, 0.15) is 11.9 Å². The third kappa shape index (κ3) is 5.38. The summed E-state index contributed by atoms with van der Waals surface area (Å²) in [6, 6.07) is 7.24. The van der Waals surface area contributed by atoms with Gasteiger partial charge in [-0.15, -0.1) is 0 Å². The van der Waals surface area contributed by atoms with Crippen molar-refractivity contribution < 1.29 is 9.18 Å². The minimum atomic E-state index is -0.765. The fraction of sp³-hybridized carbons (Fsp3) is 0.429. The SMILES string of the molecule is CC(C)(C)NC(=O)CC(C#N)Nc1ccccc1F. The number of benzene rings is 1. The van der Waals surface area contributed by atoms with Crippen molar-refractivity contribution in [1.82, 2.24) is 5.32 Å². The Morgan fingerprint density at radius 2 is 2.05 bits per heavy atom. The molecule has 0 aliphatic carbocycles. The predicted molar refractivity (Wildman–Crippen MR) is 71.9 cm³/mol. The Balaban J connectivity index is 2.63. The molecule has 1 aromatic rings. The molecule has 0 aliphatic rings. The minimum absolute atomic E-state index is 0.0257. The van der Waals surface area contributed by atoms with E-state index in [1.54, 1.807) is 12.1 Å². The van der Waals surface area contributed by atoms with Gasteiger partial charge in [0.2, 0.25) is 5.91 Å². The van der Waals surface area contributed by atoms with E-state index in [0.29, 0.717) is 0 Å². The third-order valence-electron chi connectivity index (χ3n) is 2.26. The lowest BCUT2D eigenvalue weighted by Crippen LogP contribution is -2.42. The summed E-state index contributed by atoms with van der Waals surface area (Å²) in [5, 5.41) is 14.5. The standard InChI is InChI=1S/C14H18FN3O/c1-14(2,3)18-13(19)8-10(9-16)17-12-7-5-4-6-11(12)15/h4-7,10,17H,8H2,1-3H3,(H,18,19). The van der Waals surface area contributed by atoms with Crippen LogP contribution in [0.3, 0.4) is 0 Å². The first-order valence-electron chi connectivity index (χ1n) is 6.03. The second-order valence-corrected chi connectivity index (χ2v) is 5.31. The van der Waals surface area contributed by atoms with E-state index in [-0.39, 0.29) is 23.6 Å². The molecule has 0 spiro atoms. The molecule has 102 valence electrons. The van der Waals surface area contributed by atoms with Crippen molar-refractivity contribution in [2.45, 2.75) is 38.8 Å². The number of halogens is 1. The molecule has 2 N–H and O–H groups in total. The van der Waals surface area contributed by atoms with Gasteiger partial charge in [-0.3, -0.25) is 4.79 Å². The highest BCUT2D eigenvalue weighted by Gasteiger charge is 2.18. The van der Waals surface area contributed by atoms with Crippen LogP contribution in [-0.4, -0.2) is 17.5 Å². The zero-order valence-corrected chi connectivity index (χ0v) is 11.3. The van der Waals surface area contributed by atoms with Gasteiger partial charge in [0.15, 0.2) is 0 Å². The summed E-state index contributed by atoms with van der Waals surface area (Å²) in [4.78, 5) is 11.7. The zero-order valence-electron chi connectivity index (χ0n) is 11.3. The molecule has 4 nitrogen and oxygen atoms in total. The Kier molecular flexibility index (Phi) is 4.87. The lowest BCUT2D eigenvalue weighted by atomic mass is 10.1. The lowest BCUT2D eigenvalue weighted by Gasteiger charge is -2.21. The van der Waals surface area contributed by atoms with Gasteiger partial charge in [0.25, 0.3) is 0 Å². The molecule has 1 unspecified atom stereocenters. The van der Waals surface area contributed by atoms with Gasteiger partial charge in [-0.1, -0.05) is 12.1 Å². The van der Waals surface area contributed by atoms with E-state index in [4.69, 9.17) is 5.26 Å². The fourth-order valence-electron chi connectivity index (χ4n) is 1.55. The topological polar surface area (TPSA) is 64.9 Å². The molecule has 1 aromatic carbocycles. The van der Waals surface area contributed by atoms with Crippen molar-refractivity contribution in [3.8, 4) is 6.07 Å². The number of carbonyl (C=O) groups excluding carboxylic acids is 1. The van der Waals surface area contributed by atoms with Gasteiger partial charge in [-0.25, -0.2) is 4.39 Å². The van der Waals surface area contributed by atoms with Crippen LogP contribution in [0.4, 0.5) is 10.1 Å². The van der Waals surface area contributed by atoms with Crippen LogP contribution in [0.15, 0.2) is 24.3 Å². The van der Waals surface area contributed by atoms with Crippen LogP contribution in [0.25, 0.3) is 0 Å². The quantitative estimate of drug-likeness (QED) is 0.876. The van der Waals surface area contributed by atoms with Crippen LogP contribution >= 0.6 is 0 Å². The number of nitriles is 1. The molecular formula is C14H18FN3O. The molecule has 0 heterocycles. The maximum absolute atomic E-state index is 13.4. The highest BCUT2D eigenvalue weighted by atomic mass is 19.1. The molecule has 0 radical (unpaired) electrons. The molecule has 1 atom stereocenters. The van der Waals surface area contributed by atoms with Gasteiger partial charge in [0, 0.05) is 5.54 Å². The second kappa shape index (κ2) is 6.19. The van der Waals surface area contributed by atoms with E-state index in [1.807, 2.05) is 26.8 Å². The number of nitrogens with zero attached hydrogens (tertiary/aromatic N) is 1. The number of nitrogens with one attached hydrogen (secondary N) is 2. The van der Waals surface area contributed by atoms with E-state index >= 15 is 0 Å². The van der Waals surface area contributed by atoms with E-state index in [0.717, 1.165) is 0 Å². The smallest absolute Gasteiger partial charge is 0.223 e. The van der Waals surface area contributed by atoms with Crippen molar-refractivity contribution in [1.29, 1.82) is 5.26 Å². The minimum Gasteiger partial charge on any atom is -0.367 e. The summed E-state index contributed by atoms with van der Waals surface area (Å²) in [5.74, 6) is -0.693. The largest absolute Gasteiger partial charge is 0.367 e. The van der Waals surface area contributed by atoms with Crippen molar-refractivity contribution in [3.63, 3.8) is 0 Å². The third-order valence-corrected chi connectivity index (χ3v) is 2.26. The maximum atomic E-state index is 13.4. The summed E-state index contributed by atoms with van der Waals surface area (Å²) in [6.45, 7) is 5.57. The molecule has 0 saturated heterocycles. The normalized spacial score (nSPS) is 12.4. The van der Waals surface area contributed by atoms with Crippen molar-refractivity contribution in [2.24, 2.45) is 0 Å². The van der Waals surface area contributed by atoms with Crippen molar-refractivity contribution in [3.05, 3.63) is 30.1 Å². The summed E-state index contributed by atoms with van der Waals surface area (Å²) in [7, 11) is 0. The molecule has 0 fully saturated rings. The van der Waals surface area contributed by atoms with E-state index in [2.05, 4.69) is 10.6 Å². The highest BCUT2D eigenvalue weighted by Crippen LogP contribution is 2.14. The molecule has 0 bridgehead atoms. The number of hydrogen-bond donors (Lipinski definition) is 2. The summed E-state index contributed by atoms with van der Waals surface area (Å²) in [6.07, 6.45) is -0.0257. The van der Waals surface area contributed by atoms with Crippen LogP contribution in [0.1, 0.15) is 27.2 Å². The second-order valence-electron chi connectivity index (χ2n) is 5.31. The van der Waals surface area contributed by atoms with Crippen molar-refractivity contribution >= 4 is 11.6 Å². The van der Waals surface area contributed by atoms with Crippen LogP contribution in [0.2, 0.25) is 0 Å². The molecule has 0 aromatic heterocycles. The molecule has 1 amide bonds. The monoisotopic (exact) mass is 263 g/mol. The summed E-state index contributed by atoms with van der Waals surface area (Å²) in [5.41, 5.74) is -0.132. The van der Waals surface area contributed by atoms with Crippen LogP contribution in [0, 0.1) is 17.1 Å². The van der Waals surface area contributed by atoms with Gasteiger partial charge in [0.05, 0.1) is 18.2 Å². The first-order valence-corrected chi connectivity index (χ1v) is 6.03. The van der Waals surface area contributed by atoms with Gasteiger partial charge < -0.3 is 10.6 Å². The van der Waals surface area contributed by atoms with E-state index in [1.165, 1.54) is 12.1 Å². The molecular weight excluding hydrogens is 245 g/mol. The molecule has 0 aliphatic heterocycles. The lowest BCUT2D eigenvalue weighted by molar-refractivity contribution is -0.122. The number of rotatable bonds is 4. The Labute approximate surface area is 112 Å². The number of carbonyl (C=O) groups is 1. The Hall–Kier alpha value is -2.09. The summed E-state index contributed by atoms with van der Waals surface area (Å²) < 4.78 is 13.4. The Bertz CT molecular complexity index is 488. The summed E-state index contributed by atoms with van der Waals surface area (Å²) >= 11 is 0. The van der Waals surface area contributed by atoms with Crippen LogP contribution in [0.5, 0.6) is 0 Å². The Morgan fingerprint density at radius 3 is 2.58 bits per heavy atom. The van der Waals surface area contributed by atoms with E-state index < -0.39 is 11.9 Å². The number of anilines is 1. The van der Waals surface area contributed by atoms with E-state index in [9.17, 15) is 9.18 Å². The first-order chi connectivity index (χ1) is 8.81. The van der Waals surface area contributed by atoms with Gasteiger partial charge in [-0.2, -0.15) is 5.26 Å². The fourth-order valence-corrected chi connectivity index (χ4v) is 1.55. The number of amides is 1. The Morgan fingerprint density at radius 1 is 1.42 bits per heavy atom. The van der Waals surface area contributed by atoms with Crippen LogP contribution < -0.4 is 10.6 Å². The van der Waals surface area contributed by atoms with Gasteiger partial charge >= 0.3 is 0 Å². The van der Waals surface area contributed by atoms with Gasteiger partial charge in [-0.05, 0) is 32.9 Å². The number of hydrogen-bond acceptors (Lipinski definition) is 3. The molecule has 19 heavy (non-hydrogen) atoms. The average Bonchev–Trinajstić information content (AvgIpc) is 2.28. The average molecular weight is 263 g/mol. The number of para-hydroxylation sites is 1. The zero-order chi connectivity index (χ0) is 14.5. The van der Waals surface area contributed by atoms with Crippen molar-refractivity contribution in [2.75, 3.05) is 5.32 Å². The first kappa shape index (κ1) is 15.0. The predicted octanol–water partition coefficient (Wildman–Crippen LogP) is 2.43. The molecule has 0 saturated carbocycles. The highest BCUT2D eigenvalue weighted by molar-refractivity contribution is 5.78. The maximum Gasteiger partial charge on any atom is 0.223 e.